The smallest absolute Gasteiger partial charge is 0.337 e. The SMILES string of the molecule is CC1(C)OCC2OC(=O)C(O[Si](C)(C)C(C)(C)C)C2O1. The highest BCUT2D eigenvalue weighted by Gasteiger charge is 2.54. The molecule has 0 aliphatic carbocycles. The third-order valence-corrected chi connectivity index (χ3v) is 8.86. The van der Waals surface area contributed by atoms with Crippen LogP contribution in [0.2, 0.25) is 18.1 Å². The minimum atomic E-state index is -2.06. The Hall–Kier alpha value is -0.433. The monoisotopic (exact) mass is 302 g/mol. The van der Waals surface area contributed by atoms with E-state index in [-0.39, 0.29) is 23.2 Å². The van der Waals surface area contributed by atoms with Crippen LogP contribution in [0.1, 0.15) is 34.6 Å². The summed E-state index contributed by atoms with van der Waals surface area (Å²) < 4.78 is 23.0. The fourth-order valence-electron chi connectivity index (χ4n) is 2.13. The molecule has 20 heavy (non-hydrogen) atoms. The molecule has 2 rings (SSSR count). The Kier molecular flexibility index (Phi) is 3.82. The van der Waals surface area contributed by atoms with E-state index in [4.69, 9.17) is 18.6 Å². The minimum absolute atomic E-state index is 0.0338. The van der Waals surface area contributed by atoms with Crippen molar-refractivity contribution in [3.8, 4) is 0 Å². The van der Waals surface area contributed by atoms with Gasteiger partial charge in [-0.1, -0.05) is 20.8 Å². The average molecular weight is 302 g/mol. The van der Waals surface area contributed by atoms with Crippen molar-refractivity contribution in [1.29, 1.82) is 0 Å². The molecule has 0 N–H and O–H groups in total. The zero-order chi connectivity index (χ0) is 15.3. The lowest BCUT2D eigenvalue weighted by Crippen LogP contribution is -2.54. The molecule has 0 radical (unpaired) electrons. The van der Waals surface area contributed by atoms with Crippen LogP contribution in [0.25, 0.3) is 0 Å². The van der Waals surface area contributed by atoms with E-state index >= 15 is 0 Å². The van der Waals surface area contributed by atoms with Crippen LogP contribution >= 0.6 is 0 Å². The number of ether oxygens (including phenoxy) is 3. The molecule has 2 saturated heterocycles. The largest absolute Gasteiger partial charge is 0.455 e. The Labute approximate surface area is 122 Å². The van der Waals surface area contributed by atoms with E-state index in [0.29, 0.717) is 6.61 Å². The maximum Gasteiger partial charge on any atom is 0.337 e. The van der Waals surface area contributed by atoms with Crippen LogP contribution in [0.4, 0.5) is 0 Å². The number of rotatable bonds is 2. The summed E-state index contributed by atoms with van der Waals surface area (Å²) in [6, 6.07) is 0. The molecule has 0 aromatic rings. The van der Waals surface area contributed by atoms with E-state index in [9.17, 15) is 4.79 Å². The highest BCUT2D eigenvalue weighted by molar-refractivity contribution is 6.74. The molecule has 3 atom stereocenters. The zero-order valence-corrected chi connectivity index (χ0v) is 14.5. The molecule has 0 aromatic heterocycles. The van der Waals surface area contributed by atoms with Gasteiger partial charge in [0.15, 0.2) is 26.3 Å². The van der Waals surface area contributed by atoms with Crippen molar-refractivity contribution in [2.75, 3.05) is 6.61 Å². The summed E-state index contributed by atoms with van der Waals surface area (Å²) in [7, 11) is -2.06. The molecule has 3 unspecified atom stereocenters. The van der Waals surface area contributed by atoms with Gasteiger partial charge in [0.25, 0.3) is 0 Å². The summed E-state index contributed by atoms with van der Waals surface area (Å²) in [5.41, 5.74) is 0. The molecular weight excluding hydrogens is 276 g/mol. The van der Waals surface area contributed by atoms with Crippen molar-refractivity contribution in [2.45, 2.75) is 76.8 Å². The number of hydrogen-bond acceptors (Lipinski definition) is 5. The van der Waals surface area contributed by atoms with Crippen LogP contribution in [-0.2, 0) is 23.4 Å². The fourth-order valence-corrected chi connectivity index (χ4v) is 3.35. The lowest BCUT2D eigenvalue weighted by atomic mass is 10.1. The van der Waals surface area contributed by atoms with Crippen molar-refractivity contribution in [3.05, 3.63) is 0 Å². The summed E-state index contributed by atoms with van der Waals surface area (Å²) in [6.07, 6.45) is -1.37. The van der Waals surface area contributed by atoms with Gasteiger partial charge in [0.1, 0.15) is 6.10 Å². The maximum atomic E-state index is 12.1. The summed E-state index contributed by atoms with van der Waals surface area (Å²) >= 11 is 0. The topological polar surface area (TPSA) is 54.0 Å². The van der Waals surface area contributed by atoms with E-state index in [0.717, 1.165) is 0 Å². The van der Waals surface area contributed by atoms with Crippen LogP contribution in [0.5, 0.6) is 0 Å². The second-order valence-corrected chi connectivity index (χ2v) is 12.3. The zero-order valence-electron chi connectivity index (χ0n) is 13.5. The lowest BCUT2D eigenvalue weighted by Gasteiger charge is -2.41. The Balaban J connectivity index is 2.17. The molecule has 0 aromatic carbocycles. The van der Waals surface area contributed by atoms with Gasteiger partial charge in [0.05, 0.1) is 6.61 Å². The van der Waals surface area contributed by atoms with Gasteiger partial charge in [-0.15, -0.1) is 0 Å². The summed E-state index contributed by atoms with van der Waals surface area (Å²) in [5, 5.41) is 0.0338. The van der Waals surface area contributed by atoms with Crippen molar-refractivity contribution in [2.24, 2.45) is 0 Å². The van der Waals surface area contributed by atoms with E-state index in [1.165, 1.54) is 0 Å². The normalized spacial score (nSPS) is 33.8. The minimum Gasteiger partial charge on any atom is -0.455 e. The first kappa shape index (κ1) is 15.9. The Morgan fingerprint density at radius 2 is 1.90 bits per heavy atom. The van der Waals surface area contributed by atoms with E-state index in [1.54, 1.807) is 0 Å². The molecule has 2 aliphatic heterocycles. The number of carbonyl (C=O) groups excluding carboxylic acids is 1. The van der Waals surface area contributed by atoms with Crippen LogP contribution < -0.4 is 0 Å². The quantitative estimate of drug-likeness (QED) is 0.579. The summed E-state index contributed by atoms with van der Waals surface area (Å²) in [5.74, 6) is -1.03. The predicted molar refractivity (Wildman–Crippen MR) is 76.9 cm³/mol. The average Bonchev–Trinajstić information content (AvgIpc) is 2.53. The van der Waals surface area contributed by atoms with Gasteiger partial charge < -0.3 is 18.6 Å². The Morgan fingerprint density at radius 1 is 1.30 bits per heavy atom. The highest BCUT2D eigenvalue weighted by Crippen LogP contribution is 2.40. The third kappa shape index (κ3) is 2.93. The Bertz CT molecular complexity index is 399. The van der Waals surface area contributed by atoms with Gasteiger partial charge in [0, 0.05) is 0 Å². The third-order valence-electron chi connectivity index (χ3n) is 4.41. The first-order valence-corrected chi connectivity index (χ1v) is 10.0. The lowest BCUT2D eigenvalue weighted by molar-refractivity contribution is -0.299. The first-order chi connectivity index (χ1) is 8.93. The fraction of sp³-hybridized carbons (Fsp3) is 0.929. The predicted octanol–water partition coefficient (Wildman–Crippen LogP) is 2.45. The van der Waals surface area contributed by atoms with Gasteiger partial charge in [-0.3, -0.25) is 0 Å². The molecule has 2 heterocycles. The maximum absolute atomic E-state index is 12.1. The molecule has 0 bridgehead atoms. The van der Waals surface area contributed by atoms with Gasteiger partial charge in [-0.05, 0) is 32.0 Å². The van der Waals surface area contributed by atoms with Crippen molar-refractivity contribution in [1.82, 2.24) is 0 Å². The Morgan fingerprint density at radius 3 is 2.45 bits per heavy atom. The molecular formula is C14H26O5Si. The van der Waals surface area contributed by atoms with Crippen molar-refractivity contribution >= 4 is 14.3 Å². The van der Waals surface area contributed by atoms with Crippen molar-refractivity contribution < 1.29 is 23.4 Å². The van der Waals surface area contributed by atoms with Gasteiger partial charge in [0.2, 0.25) is 0 Å². The molecule has 2 fully saturated rings. The van der Waals surface area contributed by atoms with Crippen LogP contribution in [-0.4, -0.2) is 45.0 Å². The van der Waals surface area contributed by atoms with Crippen molar-refractivity contribution in [3.63, 3.8) is 0 Å². The van der Waals surface area contributed by atoms with Crippen LogP contribution in [0, 0.1) is 0 Å². The van der Waals surface area contributed by atoms with Crippen LogP contribution in [0.3, 0.4) is 0 Å². The molecule has 0 amide bonds. The molecule has 0 saturated carbocycles. The molecule has 6 heteroatoms. The number of fused-ring (bicyclic) bond motifs is 1. The van der Waals surface area contributed by atoms with Gasteiger partial charge in [-0.2, -0.15) is 0 Å². The number of carbonyl (C=O) groups is 1. The van der Waals surface area contributed by atoms with E-state index in [2.05, 4.69) is 33.9 Å². The van der Waals surface area contributed by atoms with E-state index < -0.39 is 20.2 Å². The second kappa shape index (κ2) is 4.80. The standard InChI is InChI=1S/C14H26O5Si/c1-13(2,3)20(6,7)19-11-10-9(17-12(11)15)8-16-14(4,5)18-10/h9-11H,8H2,1-7H3. The number of hydrogen-bond donors (Lipinski definition) is 0. The second-order valence-electron chi connectivity index (χ2n) is 7.57. The molecule has 2 aliphatic rings. The van der Waals surface area contributed by atoms with E-state index in [1.807, 2.05) is 13.8 Å². The highest BCUT2D eigenvalue weighted by atomic mass is 28.4. The molecule has 5 nitrogen and oxygen atoms in total. The summed E-state index contributed by atoms with van der Waals surface area (Å²) in [6.45, 7) is 14.7. The molecule has 0 spiro atoms. The van der Waals surface area contributed by atoms with Gasteiger partial charge in [-0.25, -0.2) is 4.79 Å². The van der Waals surface area contributed by atoms with Crippen LogP contribution in [0.15, 0.2) is 0 Å². The molecule has 116 valence electrons. The van der Waals surface area contributed by atoms with Gasteiger partial charge >= 0.3 is 5.97 Å². The number of esters is 1. The first-order valence-electron chi connectivity index (χ1n) is 7.13. The summed E-state index contributed by atoms with van der Waals surface area (Å²) in [4.78, 5) is 12.1.